The smallest absolute Gasteiger partial charge is 0.262 e. The standard InChI is InChI=1S/C24H21N3O2S/c1-16-8-9-22(17(2)11-16)29-14-23(28)26-20-7-3-5-18(12-20)21-15-30-24(27-21)19-6-4-10-25-13-19/h3-13,15H,14H2,1-2H3,(H,26,28). The summed E-state index contributed by atoms with van der Waals surface area (Å²) in [4.78, 5) is 21.2. The number of carbonyl (C=O) groups excluding carboxylic acids is 1. The molecule has 0 spiro atoms. The molecule has 2 heterocycles. The molecule has 0 fully saturated rings. The number of rotatable bonds is 6. The van der Waals surface area contributed by atoms with Crippen molar-refractivity contribution in [1.29, 1.82) is 0 Å². The zero-order chi connectivity index (χ0) is 20.9. The van der Waals surface area contributed by atoms with E-state index in [2.05, 4.69) is 10.3 Å². The zero-order valence-corrected chi connectivity index (χ0v) is 17.6. The van der Waals surface area contributed by atoms with E-state index in [4.69, 9.17) is 9.72 Å². The highest BCUT2D eigenvalue weighted by Gasteiger charge is 2.09. The second-order valence-corrected chi connectivity index (χ2v) is 7.82. The largest absolute Gasteiger partial charge is 0.483 e. The van der Waals surface area contributed by atoms with Gasteiger partial charge in [0.05, 0.1) is 5.69 Å². The number of pyridine rings is 1. The van der Waals surface area contributed by atoms with Gasteiger partial charge in [0.1, 0.15) is 10.8 Å². The molecule has 0 aliphatic heterocycles. The Bertz CT molecular complexity index is 1170. The van der Waals surface area contributed by atoms with E-state index in [0.717, 1.165) is 38.7 Å². The first-order valence-corrected chi connectivity index (χ1v) is 10.4. The summed E-state index contributed by atoms with van der Waals surface area (Å²) < 4.78 is 5.66. The summed E-state index contributed by atoms with van der Waals surface area (Å²) in [6.07, 6.45) is 3.54. The van der Waals surface area contributed by atoms with Crippen LogP contribution < -0.4 is 10.1 Å². The Morgan fingerprint density at radius 2 is 1.93 bits per heavy atom. The van der Waals surface area contributed by atoms with Crippen molar-refractivity contribution in [3.63, 3.8) is 0 Å². The van der Waals surface area contributed by atoms with Gasteiger partial charge in [0.2, 0.25) is 0 Å². The number of hydrogen-bond donors (Lipinski definition) is 1. The van der Waals surface area contributed by atoms with E-state index >= 15 is 0 Å². The van der Waals surface area contributed by atoms with Gasteiger partial charge in [-0.1, -0.05) is 29.8 Å². The van der Waals surface area contributed by atoms with E-state index in [1.165, 1.54) is 0 Å². The number of ether oxygens (including phenoxy) is 1. The quantitative estimate of drug-likeness (QED) is 0.451. The van der Waals surface area contributed by atoms with Crippen LogP contribution in [0.25, 0.3) is 21.8 Å². The van der Waals surface area contributed by atoms with Crippen LogP contribution in [-0.2, 0) is 4.79 Å². The molecule has 0 aliphatic carbocycles. The number of nitrogens with one attached hydrogen (secondary N) is 1. The maximum absolute atomic E-state index is 12.3. The van der Waals surface area contributed by atoms with E-state index < -0.39 is 0 Å². The van der Waals surface area contributed by atoms with Crippen LogP contribution in [0.4, 0.5) is 5.69 Å². The van der Waals surface area contributed by atoms with Crippen molar-refractivity contribution in [3.8, 4) is 27.6 Å². The molecule has 0 atom stereocenters. The highest BCUT2D eigenvalue weighted by atomic mass is 32.1. The molecule has 4 aromatic rings. The number of amides is 1. The van der Waals surface area contributed by atoms with Gasteiger partial charge in [-0.3, -0.25) is 9.78 Å². The highest BCUT2D eigenvalue weighted by molar-refractivity contribution is 7.13. The lowest BCUT2D eigenvalue weighted by atomic mass is 10.1. The van der Waals surface area contributed by atoms with Gasteiger partial charge >= 0.3 is 0 Å². The van der Waals surface area contributed by atoms with Crippen LogP contribution in [0.2, 0.25) is 0 Å². The number of carbonyl (C=O) groups is 1. The fourth-order valence-electron chi connectivity index (χ4n) is 3.09. The molecular formula is C24H21N3O2S. The molecule has 2 aromatic carbocycles. The summed E-state index contributed by atoms with van der Waals surface area (Å²) >= 11 is 1.57. The number of benzene rings is 2. The number of aromatic nitrogens is 2. The maximum atomic E-state index is 12.3. The number of aryl methyl sites for hydroxylation is 2. The van der Waals surface area contributed by atoms with Crippen molar-refractivity contribution in [2.45, 2.75) is 13.8 Å². The Morgan fingerprint density at radius 1 is 1.07 bits per heavy atom. The summed E-state index contributed by atoms with van der Waals surface area (Å²) in [7, 11) is 0. The summed E-state index contributed by atoms with van der Waals surface area (Å²) in [6.45, 7) is 3.95. The van der Waals surface area contributed by atoms with E-state index in [9.17, 15) is 4.79 Å². The normalized spacial score (nSPS) is 10.6. The molecule has 30 heavy (non-hydrogen) atoms. The topological polar surface area (TPSA) is 64.1 Å². The number of nitrogens with zero attached hydrogens (tertiary/aromatic N) is 2. The van der Waals surface area contributed by atoms with Crippen molar-refractivity contribution < 1.29 is 9.53 Å². The van der Waals surface area contributed by atoms with Crippen LogP contribution >= 0.6 is 11.3 Å². The molecule has 0 radical (unpaired) electrons. The summed E-state index contributed by atoms with van der Waals surface area (Å²) in [6, 6.07) is 17.4. The Balaban J connectivity index is 1.42. The third-order valence-electron chi connectivity index (χ3n) is 4.54. The zero-order valence-electron chi connectivity index (χ0n) is 16.8. The minimum absolute atomic E-state index is 0.0456. The second kappa shape index (κ2) is 8.88. The lowest BCUT2D eigenvalue weighted by Crippen LogP contribution is -2.20. The number of hydrogen-bond acceptors (Lipinski definition) is 5. The monoisotopic (exact) mass is 415 g/mol. The molecule has 1 N–H and O–H groups in total. The fraction of sp³-hybridized carbons (Fsp3) is 0.125. The molecule has 0 unspecified atom stereocenters. The van der Waals surface area contributed by atoms with Crippen molar-refractivity contribution in [2.24, 2.45) is 0 Å². The molecular weight excluding hydrogens is 394 g/mol. The third-order valence-corrected chi connectivity index (χ3v) is 5.44. The Labute approximate surface area is 179 Å². The minimum atomic E-state index is -0.207. The molecule has 150 valence electrons. The Hall–Kier alpha value is -3.51. The van der Waals surface area contributed by atoms with Gasteiger partial charge in [-0.25, -0.2) is 4.98 Å². The van der Waals surface area contributed by atoms with Gasteiger partial charge in [-0.05, 0) is 49.7 Å². The molecule has 6 heteroatoms. The molecule has 0 saturated heterocycles. The number of thiazole rings is 1. The van der Waals surface area contributed by atoms with Gasteiger partial charge < -0.3 is 10.1 Å². The predicted molar refractivity (Wildman–Crippen MR) is 121 cm³/mol. The third kappa shape index (κ3) is 4.72. The first kappa shape index (κ1) is 19.8. The predicted octanol–water partition coefficient (Wildman–Crippen LogP) is 5.51. The average Bonchev–Trinajstić information content (AvgIpc) is 3.24. The van der Waals surface area contributed by atoms with Crippen molar-refractivity contribution in [1.82, 2.24) is 9.97 Å². The van der Waals surface area contributed by atoms with E-state index in [-0.39, 0.29) is 12.5 Å². The number of anilines is 1. The van der Waals surface area contributed by atoms with E-state index in [1.54, 1.807) is 23.7 Å². The van der Waals surface area contributed by atoms with Gasteiger partial charge in [0.15, 0.2) is 6.61 Å². The van der Waals surface area contributed by atoms with Crippen LogP contribution in [0.1, 0.15) is 11.1 Å². The van der Waals surface area contributed by atoms with Crippen molar-refractivity contribution in [3.05, 3.63) is 83.5 Å². The van der Waals surface area contributed by atoms with Crippen LogP contribution in [0, 0.1) is 13.8 Å². The summed E-state index contributed by atoms with van der Waals surface area (Å²) in [5.41, 5.74) is 5.67. The van der Waals surface area contributed by atoms with Crippen LogP contribution in [0.3, 0.4) is 0 Å². The van der Waals surface area contributed by atoms with Crippen LogP contribution in [-0.4, -0.2) is 22.5 Å². The molecule has 5 nitrogen and oxygen atoms in total. The van der Waals surface area contributed by atoms with Gasteiger partial charge in [0.25, 0.3) is 5.91 Å². The summed E-state index contributed by atoms with van der Waals surface area (Å²) in [5.74, 6) is 0.511. The Kier molecular flexibility index (Phi) is 5.86. The average molecular weight is 416 g/mol. The molecule has 0 saturated carbocycles. The molecule has 1 amide bonds. The van der Waals surface area contributed by atoms with E-state index in [0.29, 0.717) is 5.69 Å². The second-order valence-electron chi connectivity index (χ2n) is 6.97. The first-order chi connectivity index (χ1) is 14.6. The molecule has 4 rings (SSSR count). The molecule has 0 aliphatic rings. The van der Waals surface area contributed by atoms with E-state index in [1.807, 2.05) is 73.8 Å². The summed E-state index contributed by atoms with van der Waals surface area (Å²) in [5, 5.41) is 5.81. The molecule has 0 bridgehead atoms. The van der Waals surface area contributed by atoms with Crippen LogP contribution in [0.5, 0.6) is 5.75 Å². The minimum Gasteiger partial charge on any atom is -0.483 e. The van der Waals surface area contributed by atoms with Crippen molar-refractivity contribution in [2.75, 3.05) is 11.9 Å². The molecule has 2 aromatic heterocycles. The highest BCUT2D eigenvalue weighted by Crippen LogP contribution is 2.29. The van der Waals surface area contributed by atoms with Crippen molar-refractivity contribution >= 4 is 22.9 Å². The first-order valence-electron chi connectivity index (χ1n) is 9.55. The Morgan fingerprint density at radius 3 is 2.73 bits per heavy atom. The van der Waals surface area contributed by atoms with Gasteiger partial charge in [-0.15, -0.1) is 11.3 Å². The van der Waals surface area contributed by atoms with Gasteiger partial charge in [0, 0.05) is 34.6 Å². The lowest BCUT2D eigenvalue weighted by molar-refractivity contribution is -0.118. The lowest BCUT2D eigenvalue weighted by Gasteiger charge is -2.10. The SMILES string of the molecule is Cc1ccc(OCC(=O)Nc2cccc(-c3csc(-c4cccnc4)n3)c2)c(C)c1. The maximum Gasteiger partial charge on any atom is 0.262 e. The fourth-order valence-corrected chi connectivity index (χ4v) is 3.91. The van der Waals surface area contributed by atoms with Gasteiger partial charge in [-0.2, -0.15) is 0 Å². The van der Waals surface area contributed by atoms with Crippen LogP contribution in [0.15, 0.2) is 72.4 Å².